The maximum Gasteiger partial charge on any atom is 0.0438 e. The summed E-state index contributed by atoms with van der Waals surface area (Å²) < 4.78 is 0. The number of hydrogen-bond acceptors (Lipinski definition) is 3. The van der Waals surface area contributed by atoms with Crippen LogP contribution >= 0.6 is 11.8 Å². The van der Waals surface area contributed by atoms with Gasteiger partial charge in [-0.2, -0.15) is 11.8 Å². The predicted octanol–water partition coefficient (Wildman–Crippen LogP) is 2.82. The van der Waals surface area contributed by atoms with E-state index in [1.807, 2.05) is 11.8 Å². The molecule has 0 aliphatic heterocycles. The molecule has 0 radical (unpaired) electrons. The fourth-order valence-corrected chi connectivity index (χ4v) is 2.94. The highest BCUT2D eigenvalue weighted by atomic mass is 32.2. The number of benzene rings is 1. The minimum Gasteiger partial charge on any atom is -0.396 e. The van der Waals surface area contributed by atoms with Gasteiger partial charge in [-0.3, -0.25) is 0 Å². The summed E-state index contributed by atoms with van der Waals surface area (Å²) in [7, 11) is 0. The first-order valence-corrected chi connectivity index (χ1v) is 7.76. The van der Waals surface area contributed by atoms with Gasteiger partial charge in [-0.1, -0.05) is 17.7 Å². The minimum absolute atomic E-state index is 0.308. The zero-order chi connectivity index (χ0) is 13.4. The van der Waals surface area contributed by atoms with Gasteiger partial charge in [0.1, 0.15) is 0 Å². The zero-order valence-electron chi connectivity index (χ0n) is 11.8. The molecule has 0 saturated heterocycles. The van der Waals surface area contributed by atoms with Crippen LogP contribution in [0.2, 0.25) is 0 Å². The molecule has 0 spiro atoms. The Bertz CT molecular complexity index is 343. The lowest BCUT2D eigenvalue weighted by molar-refractivity contribution is 0.296. The SMILES string of the molecule is Cc1cc(C)c(CNCCSCCCO)c(C)c1. The van der Waals surface area contributed by atoms with Crippen molar-refractivity contribution in [1.29, 1.82) is 0 Å². The van der Waals surface area contributed by atoms with Gasteiger partial charge in [0.25, 0.3) is 0 Å². The van der Waals surface area contributed by atoms with E-state index in [-0.39, 0.29) is 0 Å². The molecule has 1 rings (SSSR count). The second kappa shape index (κ2) is 8.57. The molecule has 0 aromatic heterocycles. The van der Waals surface area contributed by atoms with Crippen molar-refractivity contribution < 1.29 is 5.11 Å². The molecule has 0 atom stereocenters. The van der Waals surface area contributed by atoms with E-state index >= 15 is 0 Å². The molecule has 0 aliphatic rings. The van der Waals surface area contributed by atoms with E-state index in [2.05, 4.69) is 38.2 Å². The largest absolute Gasteiger partial charge is 0.396 e. The van der Waals surface area contributed by atoms with Gasteiger partial charge in [-0.15, -0.1) is 0 Å². The number of rotatable bonds is 8. The Morgan fingerprint density at radius 3 is 2.39 bits per heavy atom. The van der Waals surface area contributed by atoms with Gasteiger partial charge in [-0.25, -0.2) is 0 Å². The molecule has 18 heavy (non-hydrogen) atoms. The molecule has 1 aromatic rings. The lowest BCUT2D eigenvalue weighted by Crippen LogP contribution is -2.18. The first-order valence-electron chi connectivity index (χ1n) is 6.61. The summed E-state index contributed by atoms with van der Waals surface area (Å²) in [6.45, 7) is 8.82. The molecule has 102 valence electrons. The topological polar surface area (TPSA) is 32.3 Å². The second-order valence-electron chi connectivity index (χ2n) is 4.74. The lowest BCUT2D eigenvalue weighted by atomic mass is 10.00. The third kappa shape index (κ3) is 5.42. The van der Waals surface area contributed by atoms with E-state index in [0.717, 1.165) is 31.0 Å². The Labute approximate surface area is 115 Å². The minimum atomic E-state index is 0.308. The van der Waals surface area contributed by atoms with Crippen molar-refractivity contribution in [2.45, 2.75) is 33.7 Å². The van der Waals surface area contributed by atoms with E-state index in [1.165, 1.54) is 22.3 Å². The first kappa shape index (κ1) is 15.5. The number of aryl methyl sites for hydroxylation is 3. The van der Waals surface area contributed by atoms with Gasteiger partial charge < -0.3 is 10.4 Å². The molecule has 0 unspecified atom stereocenters. The number of nitrogens with one attached hydrogen (secondary N) is 1. The van der Waals surface area contributed by atoms with Crippen LogP contribution in [0.4, 0.5) is 0 Å². The van der Waals surface area contributed by atoms with E-state index in [0.29, 0.717) is 6.61 Å². The highest BCUT2D eigenvalue weighted by Crippen LogP contribution is 2.15. The first-order chi connectivity index (χ1) is 8.65. The van der Waals surface area contributed by atoms with Crippen LogP contribution in [0, 0.1) is 20.8 Å². The molecule has 3 heteroatoms. The number of thioether (sulfide) groups is 1. The van der Waals surface area contributed by atoms with Crippen LogP contribution in [0.3, 0.4) is 0 Å². The standard InChI is InChI=1S/C15H25NOS/c1-12-9-13(2)15(14(3)10-12)11-16-5-8-18-7-4-6-17/h9-10,16-17H,4-8,11H2,1-3H3. The molecule has 0 fully saturated rings. The maximum atomic E-state index is 8.67. The molecular formula is C15H25NOS. The molecule has 2 nitrogen and oxygen atoms in total. The van der Waals surface area contributed by atoms with Crippen molar-refractivity contribution in [2.24, 2.45) is 0 Å². The van der Waals surface area contributed by atoms with Crippen LogP contribution in [0.5, 0.6) is 0 Å². The summed E-state index contributed by atoms with van der Waals surface area (Å²) in [6, 6.07) is 4.50. The van der Waals surface area contributed by atoms with Gasteiger partial charge in [0, 0.05) is 25.4 Å². The number of aliphatic hydroxyl groups excluding tert-OH is 1. The van der Waals surface area contributed by atoms with Crippen molar-refractivity contribution in [3.8, 4) is 0 Å². The molecule has 0 saturated carbocycles. The van der Waals surface area contributed by atoms with Crippen molar-refractivity contribution in [2.75, 3.05) is 24.7 Å². The third-order valence-corrected chi connectivity index (χ3v) is 4.08. The highest BCUT2D eigenvalue weighted by Gasteiger charge is 2.02. The summed E-state index contributed by atoms with van der Waals surface area (Å²) in [5.74, 6) is 2.17. The van der Waals surface area contributed by atoms with Crippen LogP contribution in [-0.2, 0) is 6.54 Å². The molecule has 2 N–H and O–H groups in total. The van der Waals surface area contributed by atoms with Crippen LogP contribution in [0.1, 0.15) is 28.7 Å². The molecule has 0 heterocycles. The van der Waals surface area contributed by atoms with E-state index < -0.39 is 0 Å². The molecule has 0 aliphatic carbocycles. The molecule has 1 aromatic carbocycles. The fourth-order valence-electron chi connectivity index (χ4n) is 2.12. The van der Waals surface area contributed by atoms with Gasteiger partial charge in [0.05, 0.1) is 0 Å². The number of hydrogen-bond donors (Lipinski definition) is 2. The van der Waals surface area contributed by atoms with Gasteiger partial charge in [0.2, 0.25) is 0 Å². The summed E-state index contributed by atoms with van der Waals surface area (Å²) in [5.41, 5.74) is 5.54. The molecule has 0 amide bonds. The summed E-state index contributed by atoms with van der Waals surface area (Å²) in [6.07, 6.45) is 0.904. The van der Waals surface area contributed by atoms with Crippen molar-refractivity contribution in [3.05, 3.63) is 34.4 Å². The Morgan fingerprint density at radius 1 is 1.11 bits per heavy atom. The summed E-state index contributed by atoms with van der Waals surface area (Å²) in [4.78, 5) is 0. The second-order valence-corrected chi connectivity index (χ2v) is 5.97. The van der Waals surface area contributed by atoms with E-state index in [9.17, 15) is 0 Å². The average molecular weight is 267 g/mol. The van der Waals surface area contributed by atoms with Crippen LogP contribution in [-0.4, -0.2) is 29.8 Å². The Morgan fingerprint density at radius 2 is 1.78 bits per heavy atom. The normalized spacial score (nSPS) is 10.9. The quantitative estimate of drug-likeness (QED) is 0.710. The summed E-state index contributed by atoms with van der Waals surface area (Å²) >= 11 is 1.90. The van der Waals surface area contributed by atoms with Gasteiger partial charge >= 0.3 is 0 Å². The zero-order valence-corrected chi connectivity index (χ0v) is 12.6. The highest BCUT2D eigenvalue weighted by molar-refractivity contribution is 7.99. The van der Waals surface area contributed by atoms with Crippen molar-refractivity contribution in [3.63, 3.8) is 0 Å². The van der Waals surface area contributed by atoms with Crippen LogP contribution < -0.4 is 5.32 Å². The van der Waals surface area contributed by atoms with Crippen molar-refractivity contribution >= 4 is 11.8 Å². The van der Waals surface area contributed by atoms with Gasteiger partial charge in [0.15, 0.2) is 0 Å². The van der Waals surface area contributed by atoms with Crippen molar-refractivity contribution in [1.82, 2.24) is 5.32 Å². The molecular weight excluding hydrogens is 242 g/mol. The maximum absolute atomic E-state index is 8.67. The summed E-state index contributed by atoms with van der Waals surface area (Å²) in [5, 5.41) is 12.2. The Kier molecular flexibility index (Phi) is 7.40. The smallest absolute Gasteiger partial charge is 0.0438 e. The van der Waals surface area contributed by atoms with E-state index in [1.54, 1.807) is 0 Å². The van der Waals surface area contributed by atoms with Crippen LogP contribution in [0.25, 0.3) is 0 Å². The lowest BCUT2D eigenvalue weighted by Gasteiger charge is -2.12. The van der Waals surface area contributed by atoms with Crippen LogP contribution in [0.15, 0.2) is 12.1 Å². The average Bonchev–Trinajstić information content (AvgIpc) is 2.30. The fraction of sp³-hybridized carbons (Fsp3) is 0.600. The Balaban J connectivity index is 2.27. The monoisotopic (exact) mass is 267 g/mol. The predicted molar refractivity (Wildman–Crippen MR) is 81.4 cm³/mol. The third-order valence-electron chi connectivity index (χ3n) is 3.01. The number of aliphatic hydroxyl groups is 1. The molecule has 0 bridgehead atoms. The Hall–Kier alpha value is -0.510. The van der Waals surface area contributed by atoms with E-state index in [4.69, 9.17) is 5.11 Å². The van der Waals surface area contributed by atoms with Gasteiger partial charge in [-0.05, 0) is 49.6 Å².